The van der Waals surface area contributed by atoms with Gasteiger partial charge in [0, 0.05) is 0 Å². The van der Waals surface area contributed by atoms with E-state index in [1.807, 2.05) is 36.4 Å². The highest BCUT2D eigenvalue weighted by Gasteiger charge is 2.17. The molecule has 0 radical (unpaired) electrons. The Kier molecular flexibility index (Phi) is 4.43. The molecule has 3 rings (SSSR count). The summed E-state index contributed by atoms with van der Waals surface area (Å²) in [5, 5.41) is 13.5. The topological polar surface area (TPSA) is 76.9 Å². The van der Waals surface area contributed by atoms with Crippen molar-refractivity contribution in [3.8, 4) is 11.9 Å². The number of nitrogens with zero attached hydrogens (tertiary/aromatic N) is 3. The molecule has 0 aliphatic carbocycles. The lowest BCUT2D eigenvalue weighted by Gasteiger charge is -2.04. The van der Waals surface area contributed by atoms with E-state index in [1.54, 1.807) is 12.1 Å². The van der Waals surface area contributed by atoms with Gasteiger partial charge in [-0.05, 0) is 23.3 Å². The summed E-state index contributed by atoms with van der Waals surface area (Å²) in [7, 11) is 0. The van der Waals surface area contributed by atoms with Crippen LogP contribution in [-0.2, 0) is 13.2 Å². The molecule has 0 fully saturated rings. The normalized spacial score (nSPS) is 10.3. The van der Waals surface area contributed by atoms with Gasteiger partial charge in [-0.15, -0.1) is 5.10 Å². The van der Waals surface area contributed by atoms with Crippen molar-refractivity contribution in [3.05, 3.63) is 77.1 Å². The number of nitriles is 1. The van der Waals surface area contributed by atoms with Crippen LogP contribution in [-0.4, -0.2) is 9.78 Å². The summed E-state index contributed by atoms with van der Waals surface area (Å²) in [6.45, 7) is 0.541. The van der Waals surface area contributed by atoms with Crippen molar-refractivity contribution in [3.63, 3.8) is 0 Å². The zero-order valence-electron chi connectivity index (χ0n) is 12.8. The molecular formula is C18H15FN4O. The summed E-state index contributed by atoms with van der Waals surface area (Å²) in [5.41, 5.74) is 7.81. The van der Waals surface area contributed by atoms with E-state index in [-0.39, 0.29) is 36.2 Å². The molecule has 0 bridgehead atoms. The first kappa shape index (κ1) is 15.6. The molecule has 0 saturated carbocycles. The van der Waals surface area contributed by atoms with Crippen LogP contribution < -0.4 is 10.5 Å². The molecule has 0 aliphatic rings. The fourth-order valence-corrected chi connectivity index (χ4v) is 2.31. The number of benzene rings is 2. The third kappa shape index (κ3) is 3.36. The number of nitrogens with two attached hydrogens (primary N) is 1. The van der Waals surface area contributed by atoms with Gasteiger partial charge < -0.3 is 10.5 Å². The van der Waals surface area contributed by atoms with Crippen molar-refractivity contribution in [1.29, 1.82) is 5.26 Å². The summed E-state index contributed by atoms with van der Waals surface area (Å²) >= 11 is 0. The second-order valence-electron chi connectivity index (χ2n) is 5.24. The maximum Gasteiger partial charge on any atom is 0.253 e. The molecule has 0 spiro atoms. The minimum Gasteiger partial charge on any atom is -0.471 e. The fraction of sp³-hybridized carbons (Fsp3) is 0.111. The first-order valence-electron chi connectivity index (χ1n) is 7.35. The number of hydrogen-bond donors (Lipinski definition) is 1. The van der Waals surface area contributed by atoms with Gasteiger partial charge in [0.1, 0.15) is 24.3 Å². The Balaban J connectivity index is 1.82. The summed E-state index contributed by atoms with van der Waals surface area (Å²) in [6.07, 6.45) is 0. The van der Waals surface area contributed by atoms with Crippen LogP contribution in [0, 0.1) is 17.1 Å². The van der Waals surface area contributed by atoms with Crippen LogP contribution in [0.5, 0.6) is 5.88 Å². The average molecular weight is 322 g/mol. The predicted octanol–water partition coefficient (Wildman–Crippen LogP) is 3.10. The minimum atomic E-state index is -0.334. The Morgan fingerprint density at radius 3 is 2.58 bits per heavy atom. The summed E-state index contributed by atoms with van der Waals surface area (Å²) in [4.78, 5) is 0. The SMILES string of the molecule is N#Cc1c(OCc2ccccc2)nn(Cc2cccc(F)c2)c1N. The first-order valence-corrected chi connectivity index (χ1v) is 7.35. The van der Waals surface area contributed by atoms with Gasteiger partial charge in [-0.2, -0.15) is 5.26 Å². The molecule has 0 aliphatic heterocycles. The second kappa shape index (κ2) is 6.84. The van der Waals surface area contributed by atoms with Gasteiger partial charge in [0.25, 0.3) is 5.88 Å². The molecule has 0 unspecified atom stereocenters. The van der Waals surface area contributed by atoms with E-state index < -0.39 is 0 Å². The molecule has 1 heterocycles. The van der Waals surface area contributed by atoms with Crippen LogP contribution in [0.1, 0.15) is 16.7 Å². The van der Waals surface area contributed by atoms with Crippen molar-refractivity contribution in [2.45, 2.75) is 13.2 Å². The number of halogens is 1. The highest BCUT2D eigenvalue weighted by Crippen LogP contribution is 2.24. The largest absolute Gasteiger partial charge is 0.471 e. The number of nitrogen functional groups attached to an aromatic ring is 1. The molecule has 2 N–H and O–H groups in total. The Morgan fingerprint density at radius 1 is 1.12 bits per heavy atom. The Hall–Kier alpha value is -3.33. The molecular weight excluding hydrogens is 307 g/mol. The summed E-state index contributed by atoms with van der Waals surface area (Å²) in [6, 6.07) is 17.7. The third-order valence-electron chi connectivity index (χ3n) is 3.51. The van der Waals surface area contributed by atoms with E-state index in [0.717, 1.165) is 5.56 Å². The predicted molar refractivity (Wildman–Crippen MR) is 87.6 cm³/mol. The van der Waals surface area contributed by atoms with Gasteiger partial charge in [-0.25, -0.2) is 9.07 Å². The number of anilines is 1. The molecule has 0 saturated heterocycles. The van der Waals surface area contributed by atoms with E-state index >= 15 is 0 Å². The Bertz CT molecular complexity index is 884. The Labute approximate surface area is 138 Å². The van der Waals surface area contributed by atoms with Crippen molar-refractivity contribution in [2.75, 3.05) is 5.73 Å². The van der Waals surface area contributed by atoms with Crippen molar-refractivity contribution in [1.82, 2.24) is 9.78 Å². The van der Waals surface area contributed by atoms with Crippen molar-refractivity contribution >= 4 is 5.82 Å². The van der Waals surface area contributed by atoms with Crippen molar-refractivity contribution < 1.29 is 9.13 Å². The monoisotopic (exact) mass is 322 g/mol. The zero-order chi connectivity index (χ0) is 16.9. The van der Waals surface area contributed by atoms with E-state index in [2.05, 4.69) is 5.10 Å². The maximum absolute atomic E-state index is 13.3. The molecule has 24 heavy (non-hydrogen) atoms. The van der Waals surface area contributed by atoms with E-state index in [1.165, 1.54) is 16.8 Å². The molecule has 2 aromatic carbocycles. The van der Waals surface area contributed by atoms with Crippen molar-refractivity contribution in [2.24, 2.45) is 0 Å². The smallest absolute Gasteiger partial charge is 0.253 e. The fourth-order valence-electron chi connectivity index (χ4n) is 2.31. The van der Waals surface area contributed by atoms with Gasteiger partial charge in [0.05, 0.1) is 6.54 Å². The van der Waals surface area contributed by atoms with E-state index in [9.17, 15) is 9.65 Å². The molecule has 3 aromatic rings. The van der Waals surface area contributed by atoms with Crippen LogP contribution in [0.15, 0.2) is 54.6 Å². The lowest BCUT2D eigenvalue weighted by molar-refractivity contribution is 0.289. The quantitative estimate of drug-likeness (QED) is 0.783. The molecule has 5 nitrogen and oxygen atoms in total. The van der Waals surface area contributed by atoms with E-state index in [4.69, 9.17) is 10.5 Å². The minimum absolute atomic E-state index is 0.176. The van der Waals surface area contributed by atoms with E-state index in [0.29, 0.717) is 5.56 Å². The molecule has 0 amide bonds. The highest BCUT2D eigenvalue weighted by molar-refractivity contribution is 5.55. The van der Waals surface area contributed by atoms with Gasteiger partial charge >= 0.3 is 0 Å². The van der Waals surface area contributed by atoms with Crippen LogP contribution >= 0.6 is 0 Å². The number of rotatable bonds is 5. The number of aromatic nitrogens is 2. The van der Waals surface area contributed by atoms with Gasteiger partial charge in [0.2, 0.25) is 0 Å². The summed E-state index contributed by atoms with van der Waals surface area (Å²) in [5.74, 6) is 0.0411. The van der Waals surface area contributed by atoms with Crippen LogP contribution in [0.25, 0.3) is 0 Å². The molecule has 0 atom stereocenters. The standard InChI is InChI=1S/C18H15FN4O/c19-15-8-4-7-14(9-15)11-23-17(21)16(10-20)18(22-23)24-12-13-5-2-1-3-6-13/h1-9H,11-12,21H2. The number of hydrogen-bond acceptors (Lipinski definition) is 4. The molecule has 120 valence electrons. The highest BCUT2D eigenvalue weighted by atomic mass is 19.1. The van der Waals surface area contributed by atoms with Gasteiger partial charge in [-0.3, -0.25) is 0 Å². The molecule has 1 aromatic heterocycles. The third-order valence-corrected chi connectivity index (χ3v) is 3.51. The maximum atomic E-state index is 13.3. The number of ether oxygens (including phenoxy) is 1. The van der Waals surface area contributed by atoms with Crippen LogP contribution in [0.4, 0.5) is 10.2 Å². The van der Waals surface area contributed by atoms with Crippen LogP contribution in [0.3, 0.4) is 0 Å². The average Bonchev–Trinajstić information content (AvgIpc) is 2.89. The first-order chi connectivity index (χ1) is 11.7. The van der Waals surface area contributed by atoms with Gasteiger partial charge in [0.15, 0.2) is 5.56 Å². The molecule has 6 heteroatoms. The second-order valence-corrected chi connectivity index (χ2v) is 5.24. The Morgan fingerprint density at radius 2 is 1.88 bits per heavy atom. The van der Waals surface area contributed by atoms with Gasteiger partial charge in [-0.1, -0.05) is 42.5 Å². The summed E-state index contributed by atoms with van der Waals surface area (Å²) < 4.78 is 20.4. The van der Waals surface area contributed by atoms with Crippen LogP contribution in [0.2, 0.25) is 0 Å². The lowest BCUT2D eigenvalue weighted by atomic mass is 10.2. The zero-order valence-corrected chi connectivity index (χ0v) is 12.8. The lowest BCUT2D eigenvalue weighted by Crippen LogP contribution is -2.06.